The van der Waals surface area contributed by atoms with Crippen molar-refractivity contribution in [3.05, 3.63) is 35.4 Å². The zero-order valence-corrected chi connectivity index (χ0v) is 15.0. The van der Waals surface area contributed by atoms with Crippen LogP contribution in [0.3, 0.4) is 0 Å². The summed E-state index contributed by atoms with van der Waals surface area (Å²) in [5.74, 6) is -1.30. The molecule has 0 bridgehead atoms. The van der Waals surface area contributed by atoms with Gasteiger partial charge in [0, 0.05) is 37.8 Å². The summed E-state index contributed by atoms with van der Waals surface area (Å²) in [5, 5.41) is 5.43. The van der Waals surface area contributed by atoms with E-state index in [2.05, 4.69) is 29.4 Å². The zero-order valence-electron chi connectivity index (χ0n) is 15.0. The SMILES string of the molecule is CC1CN(CCCNC(=O)NC(C)c2ccc(F)cc2F)CC(C)O1. The van der Waals surface area contributed by atoms with Crippen molar-refractivity contribution in [3.8, 4) is 0 Å². The van der Waals surface area contributed by atoms with Gasteiger partial charge in [-0.05, 0) is 33.3 Å². The van der Waals surface area contributed by atoms with Crippen LogP contribution in [0, 0.1) is 11.6 Å². The maximum Gasteiger partial charge on any atom is 0.315 e. The smallest absolute Gasteiger partial charge is 0.315 e. The monoisotopic (exact) mass is 355 g/mol. The Morgan fingerprint density at radius 2 is 2.00 bits per heavy atom. The predicted octanol–water partition coefficient (Wildman–Crippen LogP) is 2.82. The molecule has 0 aromatic heterocycles. The van der Waals surface area contributed by atoms with Gasteiger partial charge < -0.3 is 15.4 Å². The fraction of sp³-hybridized carbons (Fsp3) is 0.611. The first-order valence-electron chi connectivity index (χ1n) is 8.72. The van der Waals surface area contributed by atoms with Gasteiger partial charge >= 0.3 is 6.03 Å². The van der Waals surface area contributed by atoms with E-state index in [4.69, 9.17) is 4.74 Å². The summed E-state index contributed by atoms with van der Waals surface area (Å²) < 4.78 is 32.3. The highest BCUT2D eigenvalue weighted by Gasteiger charge is 2.21. The van der Waals surface area contributed by atoms with E-state index in [9.17, 15) is 13.6 Å². The fourth-order valence-corrected chi connectivity index (χ4v) is 3.15. The summed E-state index contributed by atoms with van der Waals surface area (Å²) in [4.78, 5) is 14.2. The molecule has 7 heteroatoms. The van der Waals surface area contributed by atoms with Gasteiger partial charge in [0.1, 0.15) is 11.6 Å². The molecule has 2 rings (SSSR count). The molecule has 2 amide bonds. The van der Waals surface area contributed by atoms with E-state index >= 15 is 0 Å². The van der Waals surface area contributed by atoms with Gasteiger partial charge in [0.25, 0.3) is 0 Å². The molecular formula is C18H27F2N3O2. The molecule has 1 aliphatic rings. The number of amides is 2. The molecule has 3 unspecified atom stereocenters. The predicted molar refractivity (Wildman–Crippen MR) is 92.4 cm³/mol. The number of nitrogens with zero attached hydrogens (tertiary/aromatic N) is 1. The van der Waals surface area contributed by atoms with Crippen LogP contribution in [0.1, 0.15) is 38.8 Å². The first-order valence-corrected chi connectivity index (χ1v) is 8.72. The highest BCUT2D eigenvalue weighted by Crippen LogP contribution is 2.17. The van der Waals surface area contributed by atoms with Crippen molar-refractivity contribution in [1.82, 2.24) is 15.5 Å². The molecule has 1 aromatic carbocycles. The largest absolute Gasteiger partial charge is 0.373 e. The number of benzene rings is 1. The Morgan fingerprint density at radius 1 is 1.32 bits per heavy atom. The van der Waals surface area contributed by atoms with Gasteiger partial charge in [-0.3, -0.25) is 4.90 Å². The van der Waals surface area contributed by atoms with E-state index < -0.39 is 17.7 Å². The van der Waals surface area contributed by atoms with Crippen molar-refractivity contribution in [2.24, 2.45) is 0 Å². The van der Waals surface area contributed by atoms with Crippen molar-refractivity contribution in [2.45, 2.75) is 45.4 Å². The molecule has 1 aliphatic heterocycles. The third kappa shape index (κ3) is 6.25. The second-order valence-electron chi connectivity index (χ2n) is 6.66. The molecule has 0 spiro atoms. The Kier molecular flexibility index (Phi) is 7.13. The quantitative estimate of drug-likeness (QED) is 0.772. The van der Waals surface area contributed by atoms with Gasteiger partial charge in [0.15, 0.2) is 0 Å². The summed E-state index contributed by atoms with van der Waals surface area (Å²) in [6.45, 7) is 9.00. The van der Waals surface area contributed by atoms with Crippen LogP contribution in [-0.2, 0) is 4.74 Å². The summed E-state index contributed by atoms with van der Waals surface area (Å²) in [6, 6.07) is 2.44. The zero-order chi connectivity index (χ0) is 18.4. The third-order valence-electron chi connectivity index (χ3n) is 4.21. The Balaban J connectivity index is 1.68. The number of carbonyl (C=O) groups is 1. The molecule has 3 atom stereocenters. The van der Waals surface area contributed by atoms with Crippen molar-refractivity contribution in [1.29, 1.82) is 0 Å². The summed E-state index contributed by atoms with van der Waals surface area (Å²) in [5.41, 5.74) is 0.257. The van der Waals surface area contributed by atoms with Crippen LogP contribution in [0.15, 0.2) is 18.2 Å². The number of carbonyl (C=O) groups excluding carboxylic acids is 1. The van der Waals surface area contributed by atoms with Crippen LogP contribution >= 0.6 is 0 Å². The molecule has 2 N–H and O–H groups in total. The number of ether oxygens (including phenoxy) is 1. The van der Waals surface area contributed by atoms with Crippen molar-refractivity contribution in [3.63, 3.8) is 0 Å². The molecule has 1 fully saturated rings. The Morgan fingerprint density at radius 3 is 2.64 bits per heavy atom. The fourth-order valence-electron chi connectivity index (χ4n) is 3.15. The lowest BCUT2D eigenvalue weighted by Gasteiger charge is -2.35. The lowest BCUT2D eigenvalue weighted by molar-refractivity contribution is -0.0679. The third-order valence-corrected chi connectivity index (χ3v) is 4.21. The topological polar surface area (TPSA) is 53.6 Å². The molecule has 5 nitrogen and oxygen atoms in total. The molecule has 1 heterocycles. The van der Waals surface area contributed by atoms with Crippen LogP contribution in [0.2, 0.25) is 0 Å². The van der Waals surface area contributed by atoms with Gasteiger partial charge in [-0.15, -0.1) is 0 Å². The standard InChI is InChI=1S/C18H27F2N3O2/c1-12-10-23(11-13(2)25-12)8-4-7-21-18(24)22-14(3)16-6-5-15(19)9-17(16)20/h5-6,9,12-14H,4,7-8,10-11H2,1-3H3,(H2,21,22,24). The number of hydrogen-bond donors (Lipinski definition) is 2. The lowest BCUT2D eigenvalue weighted by Crippen LogP contribution is -2.46. The molecule has 140 valence electrons. The normalized spacial score (nSPS) is 22.4. The van der Waals surface area contributed by atoms with E-state index in [1.807, 2.05) is 0 Å². The summed E-state index contributed by atoms with van der Waals surface area (Å²) in [6.07, 6.45) is 1.28. The average Bonchev–Trinajstić information content (AvgIpc) is 2.50. The maximum atomic E-state index is 13.7. The van der Waals surface area contributed by atoms with Gasteiger partial charge in [-0.25, -0.2) is 13.6 Å². The number of halogens is 2. The van der Waals surface area contributed by atoms with Crippen LogP contribution in [0.25, 0.3) is 0 Å². The van der Waals surface area contributed by atoms with Crippen LogP contribution in [-0.4, -0.2) is 49.3 Å². The van der Waals surface area contributed by atoms with Crippen LogP contribution in [0.5, 0.6) is 0 Å². The lowest BCUT2D eigenvalue weighted by atomic mass is 10.1. The number of hydrogen-bond acceptors (Lipinski definition) is 3. The molecule has 0 radical (unpaired) electrons. The molecule has 0 saturated carbocycles. The Hall–Kier alpha value is -1.73. The van der Waals surface area contributed by atoms with Gasteiger partial charge in [0.2, 0.25) is 0 Å². The average molecular weight is 355 g/mol. The van der Waals surface area contributed by atoms with E-state index in [0.29, 0.717) is 6.54 Å². The first kappa shape index (κ1) is 19.6. The van der Waals surface area contributed by atoms with E-state index in [1.165, 1.54) is 12.1 Å². The Labute approximate surface area is 147 Å². The number of nitrogens with one attached hydrogen (secondary N) is 2. The van der Waals surface area contributed by atoms with E-state index in [-0.39, 0.29) is 23.8 Å². The van der Waals surface area contributed by atoms with E-state index in [1.54, 1.807) is 6.92 Å². The molecular weight excluding hydrogens is 328 g/mol. The van der Waals surface area contributed by atoms with Gasteiger partial charge in [0.05, 0.1) is 18.2 Å². The molecule has 1 aromatic rings. The first-order chi connectivity index (χ1) is 11.8. The minimum absolute atomic E-state index is 0.228. The number of morpholine rings is 1. The maximum absolute atomic E-state index is 13.7. The highest BCUT2D eigenvalue weighted by atomic mass is 19.1. The molecule has 25 heavy (non-hydrogen) atoms. The van der Waals surface area contributed by atoms with Crippen molar-refractivity contribution >= 4 is 6.03 Å². The Bertz CT molecular complexity index is 575. The second-order valence-corrected chi connectivity index (χ2v) is 6.66. The van der Waals surface area contributed by atoms with Gasteiger partial charge in [-0.2, -0.15) is 0 Å². The molecule has 1 saturated heterocycles. The van der Waals surface area contributed by atoms with Crippen LogP contribution < -0.4 is 10.6 Å². The minimum Gasteiger partial charge on any atom is -0.373 e. The second kappa shape index (κ2) is 9.10. The summed E-state index contributed by atoms with van der Waals surface area (Å²) >= 11 is 0. The van der Waals surface area contributed by atoms with E-state index in [0.717, 1.165) is 32.1 Å². The van der Waals surface area contributed by atoms with Crippen molar-refractivity contribution in [2.75, 3.05) is 26.2 Å². The highest BCUT2D eigenvalue weighted by molar-refractivity contribution is 5.74. The van der Waals surface area contributed by atoms with Crippen molar-refractivity contribution < 1.29 is 18.3 Å². The summed E-state index contributed by atoms with van der Waals surface area (Å²) in [7, 11) is 0. The van der Waals surface area contributed by atoms with Gasteiger partial charge in [-0.1, -0.05) is 6.07 Å². The number of rotatable bonds is 6. The molecule has 0 aliphatic carbocycles. The number of urea groups is 1. The minimum atomic E-state index is -0.664. The van der Waals surface area contributed by atoms with Crippen LogP contribution in [0.4, 0.5) is 13.6 Å².